The number of hydrogen-bond acceptors (Lipinski definition) is 4. The maximum atomic E-state index is 13.2. The lowest BCUT2D eigenvalue weighted by atomic mass is 9.90. The Labute approximate surface area is 146 Å². The average molecular weight is 340 g/mol. The van der Waals surface area contributed by atoms with E-state index in [9.17, 15) is 9.50 Å². The predicted molar refractivity (Wildman–Crippen MR) is 92.5 cm³/mol. The molecule has 1 aromatic carbocycles. The number of aromatic nitrogens is 2. The summed E-state index contributed by atoms with van der Waals surface area (Å²) in [6, 6.07) is 8.26. The second-order valence-electron chi connectivity index (χ2n) is 6.33. The molecule has 0 saturated carbocycles. The number of allylic oxidation sites excluding steroid dienone is 1. The van der Waals surface area contributed by atoms with Gasteiger partial charge in [-0.2, -0.15) is 5.26 Å². The number of hydrogen-bond donors (Lipinski definition) is 1. The van der Waals surface area contributed by atoms with Crippen molar-refractivity contribution in [3.05, 3.63) is 59.9 Å². The molecule has 6 heteroatoms. The lowest BCUT2D eigenvalue weighted by Gasteiger charge is -2.36. The van der Waals surface area contributed by atoms with E-state index in [2.05, 4.69) is 16.0 Å². The fraction of sp³-hybridized carbons (Fsp3) is 0.368. The topological polar surface area (TPSA) is 65.1 Å². The van der Waals surface area contributed by atoms with Crippen molar-refractivity contribution in [1.29, 1.82) is 5.26 Å². The molecule has 1 aliphatic heterocycles. The molecular weight excluding hydrogens is 319 g/mol. The molecule has 3 rings (SSSR count). The number of halogens is 1. The minimum atomic E-state index is -0.587. The molecular formula is C19H21FN4O. The summed E-state index contributed by atoms with van der Waals surface area (Å²) >= 11 is 0. The summed E-state index contributed by atoms with van der Waals surface area (Å²) in [6.07, 6.45) is 6.04. The van der Waals surface area contributed by atoms with Gasteiger partial charge in [0.05, 0.1) is 11.8 Å². The van der Waals surface area contributed by atoms with Crippen molar-refractivity contribution in [3.8, 4) is 6.07 Å². The third kappa shape index (κ3) is 3.72. The summed E-state index contributed by atoms with van der Waals surface area (Å²) in [7, 11) is 1.88. The molecule has 25 heavy (non-hydrogen) atoms. The Kier molecular flexibility index (Phi) is 5.15. The molecule has 1 fully saturated rings. The molecule has 2 aromatic rings. The van der Waals surface area contributed by atoms with Crippen molar-refractivity contribution in [2.75, 3.05) is 13.1 Å². The van der Waals surface area contributed by atoms with Gasteiger partial charge in [-0.15, -0.1) is 0 Å². The molecule has 0 bridgehead atoms. The number of aliphatic hydroxyl groups excluding tert-OH is 1. The van der Waals surface area contributed by atoms with Gasteiger partial charge >= 0.3 is 0 Å². The van der Waals surface area contributed by atoms with E-state index in [4.69, 9.17) is 5.26 Å². The van der Waals surface area contributed by atoms with Crippen LogP contribution in [0.1, 0.15) is 30.3 Å². The van der Waals surface area contributed by atoms with E-state index in [0.29, 0.717) is 5.82 Å². The fourth-order valence-electron chi connectivity index (χ4n) is 3.37. The molecule has 1 atom stereocenters. The van der Waals surface area contributed by atoms with E-state index in [1.807, 2.05) is 17.8 Å². The molecule has 0 spiro atoms. The highest BCUT2D eigenvalue weighted by Crippen LogP contribution is 2.32. The molecule has 1 unspecified atom stereocenters. The zero-order valence-corrected chi connectivity index (χ0v) is 14.1. The van der Waals surface area contributed by atoms with Gasteiger partial charge in [-0.25, -0.2) is 9.37 Å². The maximum Gasteiger partial charge on any atom is 0.137 e. The first kappa shape index (κ1) is 17.2. The monoisotopic (exact) mass is 340 g/mol. The van der Waals surface area contributed by atoms with E-state index >= 15 is 0 Å². The Morgan fingerprint density at radius 2 is 2.04 bits per heavy atom. The van der Waals surface area contributed by atoms with Crippen LogP contribution in [0.3, 0.4) is 0 Å². The van der Waals surface area contributed by atoms with Crippen LogP contribution in [-0.4, -0.2) is 32.6 Å². The maximum absolute atomic E-state index is 13.2. The normalized spacial score (nSPS) is 17.4. The highest BCUT2D eigenvalue weighted by Gasteiger charge is 2.29. The standard InChI is InChI=1S/C19H21FN4O/c1-23-13-10-22-19(23)18(25)15-7-11-24(12-8-15)17(6-9-21)14-2-4-16(20)5-3-14/h2-6,10,13,15,18,25H,7-8,11-12H2,1H3/b17-6+. The van der Waals surface area contributed by atoms with Gasteiger partial charge in [0, 0.05) is 38.6 Å². The zero-order chi connectivity index (χ0) is 17.8. The second-order valence-corrected chi connectivity index (χ2v) is 6.33. The summed E-state index contributed by atoms with van der Waals surface area (Å²) in [5.74, 6) is 0.524. The number of benzene rings is 1. The molecule has 1 aliphatic rings. The first-order valence-electron chi connectivity index (χ1n) is 8.36. The average Bonchev–Trinajstić information content (AvgIpc) is 3.06. The van der Waals surface area contributed by atoms with Crippen molar-refractivity contribution in [2.45, 2.75) is 18.9 Å². The van der Waals surface area contributed by atoms with E-state index in [-0.39, 0.29) is 11.7 Å². The van der Waals surface area contributed by atoms with E-state index in [1.54, 1.807) is 18.3 Å². The number of aliphatic hydroxyl groups is 1. The Hall–Kier alpha value is -2.65. The predicted octanol–water partition coefficient (Wildman–Crippen LogP) is 2.87. The van der Waals surface area contributed by atoms with Crippen LogP contribution in [0.4, 0.5) is 4.39 Å². The fourth-order valence-corrected chi connectivity index (χ4v) is 3.37. The number of aryl methyl sites for hydroxylation is 1. The van der Waals surface area contributed by atoms with Gasteiger partial charge < -0.3 is 14.6 Å². The highest BCUT2D eigenvalue weighted by atomic mass is 19.1. The van der Waals surface area contributed by atoms with Crippen LogP contribution in [0.5, 0.6) is 0 Å². The lowest BCUT2D eigenvalue weighted by Crippen LogP contribution is -2.35. The smallest absolute Gasteiger partial charge is 0.137 e. The van der Waals surface area contributed by atoms with Gasteiger partial charge in [0.15, 0.2) is 0 Å². The number of nitriles is 1. The number of nitrogens with zero attached hydrogens (tertiary/aromatic N) is 4. The van der Waals surface area contributed by atoms with Crippen molar-refractivity contribution in [2.24, 2.45) is 13.0 Å². The number of rotatable bonds is 4. The van der Waals surface area contributed by atoms with Crippen LogP contribution >= 0.6 is 0 Å². The minimum absolute atomic E-state index is 0.133. The van der Waals surface area contributed by atoms with Gasteiger partial charge in [-0.05, 0) is 48.6 Å². The molecule has 1 N–H and O–H groups in total. The van der Waals surface area contributed by atoms with Gasteiger partial charge in [-0.1, -0.05) is 0 Å². The highest BCUT2D eigenvalue weighted by molar-refractivity contribution is 5.66. The van der Waals surface area contributed by atoms with Gasteiger partial charge in [0.25, 0.3) is 0 Å². The quantitative estimate of drug-likeness (QED) is 0.869. The van der Waals surface area contributed by atoms with Crippen molar-refractivity contribution >= 4 is 5.70 Å². The SMILES string of the molecule is Cn1ccnc1C(O)C1CCN(/C(=C/C#N)c2ccc(F)cc2)CC1. The third-order valence-electron chi connectivity index (χ3n) is 4.79. The van der Waals surface area contributed by atoms with Crippen LogP contribution < -0.4 is 0 Å². The first-order chi connectivity index (χ1) is 12.1. The van der Waals surface area contributed by atoms with Gasteiger partial charge in [0.2, 0.25) is 0 Å². The largest absolute Gasteiger partial charge is 0.385 e. The molecule has 2 heterocycles. The lowest BCUT2D eigenvalue weighted by molar-refractivity contribution is 0.0633. The Bertz CT molecular complexity index is 783. The summed E-state index contributed by atoms with van der Waals surface area (Å²) in [6.45, 7) is 1.47. The summed E-state index contributed by atoms with van der Waals surface area (Å²) in [4.78, 5) is 6.36. The number of piperidine rings is 1. The van der Waals surface area contributed by atoms with Crippen molar-refractivity contribution < 1.29 is 9.50 Å². The molecule has 1 aromatic heterocycles. The Balaban J connectivity index is 1.70. The van der Waals surface area contributed by atoms with Crippen LogP contribution in [0, 0.1) is 23.1 Å². The summed E-state index contributed by atoms with van der Waals surface area (Å²) < 4.78 is 15.0. The van der Waals surface area contributed by atoms with Crippen molar-refractivity contribution in [1.82, 2.24) is 14.5 Å². The molecule has 0 radical (unpaired) electrons. The molecule has 130 valence electrons. The number of likely N-dealkylation sites (tertiary alicyclic amines) is 1. The molecule has 0 amide bonds. The van der Waals surface area contributed by atoms with Crippen LogP contribution in [0.25, 0.3) is 5.70 Å². The Morgan fingerprint density at radius 1 is 1.36 bits per heavy atom. The van der Waals surface area contributed by atoms with Crippen LogP contribution in [0.2, 0.25) is 0 Å². The van der Waals surface area contributed by atoms with Crippen LogP contribution in [0.15, 0.2) is 42.7 Å². The zero-order valence-electron chi connectivity index (χ0n) is 14.1. The summed E-state index contributed by atoms with van der Waals surface area (Å²) in [5, 5.41) is 19.7. The van der Waals surface area contributed by atoms with E-state index < -0.39 is 6.10 Å². The van der Waals surface area contributed by atoms with E-state index in [0.717, 1.165) is 37.2 Å². The number of imidazole rings is 1. The van der Waals surface area contributed by atoms with Gasteiger partial charge in [-0.3, -0.25) is 0 Å². The Morgan fingerprint density at radius 3 is 2.60 bits per heavy atom. The summed E-state index contributed by atoms with van der Waals surface area (Å²) in [5.41, 5.74) is 1.62. The molecule has 0 aliphatic carbocycles. The van der Waals surface area contributed by atoms with Crippen LogP contribution in [-0.2, 0) is 7.05 Å². The van der Waals surface area contributed by atoms with Gasteiger partial charge in [0.1, 0.15) is 17.7 Å². The molecule has 1 saturated heterocycles. The second kappa shape index (κ2) is 7.49. The van der Waals surface area contributed by atoms with Crippen molar-refractivity contribution in [3.63, 3.8) is 0 Å². The minimum Gasteiger partial charge on any atom is -0.385 e. The van der Waals surface area contributed by atoms with E-state index in [1.165, 1.54) is 18.2 Å². The third-order valence-corrected chi connectivity index (χ3v) is 4.79. The first-order valence-corrected chi connectivity index (χ1v) is 8.36. The molecule has 5 nitrogen and oxygen atoms in total.